The van der Waals surface area contributed by atoms with Gasteiger partial charge in [-0.3, -0.25) is 4.79 Å². The zero-order valence-electron chi connectivity index (χ0n) is 12.8. The molecule has 1 fully saturated rings. The monoisotopic (exact) mass is 326 g/mol. The van der Waals surface area contributed by atoms with Gasteiger partial charge in [-0.2, -0.15) is 0 Å². The predicted octanol–water partition coefficient (Wildman–Crippen LogP) is 1.48. The average molecular weight is 327 g/mol. The van der Waals surface area contributed by atoms with Crippen molar-refractivity contribution in [3.05, 3.63) is 23.8 Å². The highest BCUT2D eigenvalue weighted by Crippen LogP contribution is 2.32. The molecular weight excluding hydrogens is 304 g/mol. The van der Waals surface area contributed by atoms with Crippen LogP contribution >= 0.6 is 12.4 Å². The second-order valence-electron chi connectivity index (χ2n) is 5.86. The number of halogens is 1. The number of rotatable bonds is 3. The lowest BCUT2D eigenvalue weighted by atomic mass is 9.95. The van der Waals surface area contributed by atoms with Gasteiger partial charge in [0.1, 0.15) is 18.1 Å². The van der Waals surface area contributed by atoms with Crippen molar-refractivity contribution in [2.45, 2.75) is 12.8 Å². The average Bonchev–Trinajstić information content (AvgIpc) is 3.02. The molecule has 2 unspecified atom stereocenters. The van der Waals surface area contributed by atoms with Crippen LogP contribution in [0.4, 0.5) is 0 Å². The smallest absolute Gasteiger partial charge is 0.229 e. The van der Waals surface area contributed by atoms with Gasteiger partial charge in [0.25, 0.3) is 0 Å². The SMILES string of the molecule is COc1ccc2c(c1)CC(C(=O)N1CCC(CN)C1)CO2.Cl. The maximum atomic E-state index is 12.6. The Hall–Kier alpha value is -1.46. The first-order valence-electron chi connectivity index (χ1n) is 7.50. The molecule has 5 nitrogen and oxygen atoms in total. The lowest BCUT2D eigenvalue weighted by Crippen LogP contribution is -2.40. The highest BCUT2D eigenvalue weighted by Gasteiger charge is 2.33. The molecule has 0 spiro atoms. The van der Waals surface area contributed by atoms with Crippen molar-refractivity contribution in [3.8, 4) is 11.5 Å². The summed E-state index contributed by atoms with van der Waals surface area (Å²) in [5, 5.41) is 0. The van der Waals surface area contributed by atoms with Gasteiger partial charge in [-0.05, 0) is 49.1 Å². The van der Waals surface area contributed by atoms with E-state index in [-0.39, 0.29) is 24.2 Å². The molecule has 2 heterocycles. The zero-order chi connectivity index (χ0) is 14.8. The van der Waals surface area contributed by atoms with Crippen molar-refractivity contribution in [2.24, 2.45) is 17.6 Å². The Morgan fingerprint density at radius 2 is 2.32 bits per heavy atom. The molecule has 0 saturated carbocycles. The maximum Gasteiger partial charge on any atom is 0.229 e. The molecule has 2 aliphatic rings. The minimum atomic E-state index is -0.0962. The summed E-state index contributed by atoms with van der Waals surface area (Å²) in [6, 6.07) is 5.75. The summed E-state index contributed by atoms with van der Waals surface area (Å²) < 4.78 is 11.0. The Morgan fingerprint density at radius 3 is 3.00 bits per heavy atom. The number of hydrogen-bond acceptors (Lipinski definition) is 4. The van der Waals surface area contributed by atoms with Gasteiger partial charge in [0.05, 0.1) is 13.0 Å². The number of likely N-dealkylation sites (tertiary alicyclic amines) is 1. The third-order valence-electron chi connectivity index (χ3n) is 4.45. The van der Waals surface area contributed by atoms with Crippen molar-refractivity contribution in [3.63, 3.8) is 0 Å². The van der Waals surface area contributed by atoms with Crippen LogP contribution in [0.3, 0.4) is 0 Å². The molecule has 0 aliphatic carbocycles. The molecule has 1 amide bonds. The Kier molecular flexibility index (Phi) is 5.53. The molecule has 6 heteroatoms. The van der Waals surface area contributed by atoms with Gasteiger partial charge < -0.3 is 20.1 Å². The molecule has 22 heavy (non-hydrogen) atoms. The number of nitrogens with two attached hydrogens (primary N) is 1. The summed E-state index contributed by atoms with van der Waals surface area (Å²) in [5.74, 6) is 2.21. The van der Waals surface area contributed by atoms with Crippen molar-refractivity contribution < 1.29 is 14.3 Å². The molecule has 1 aromatic carbocycles. The van der Waals surface area contributed by atoms with E-state index in [9.17, 15) is 4.79 Å². The van der Waals surface area contributed by atoms with Crippen LogP contribution in [-0.2, 0) is 11.2 Å². The molecule has 1 aromatic rings. The van der Waals surface area contributed by atoms with Crippen molar-refractivity contribution in [1.82, 2.24) is 4.90 Å². The Labute approximate surface area is 137 Å². The summed E-state index contributed by atoms with van der Waals surface area (Å²) in [7, 11) is 1.64. The molecule has 0 radical (unpaired) electrons. The van der Waals surface area contributed by atoms with E-state index in [1.54, 1.807) is 7.11 Å². The zero-order valence-corrected chi connectivity index (χ0v) is 13.6. The topological polar surface area (TPSA) is 64.8 Å². The van der Waals surface area contributed by atoms with Crippen molar-refractivity contribution in [2.75, 3.05) is 33.4 Å². The van der Waals surface area contributed by atoms with Gasteiger partial charge in [-0.25, -0.2) is 0 Å². The third-order valence-corrected chi connectivity index (χ3v) is 4.45. The molecule has 3 rings (SSSR count). The van der Waals surface area contributed by atoms with Gasteiger partial charge in [0.15, 0.2) is 0 Å². The fraction of sp³-hybridized carbons (Fsp3) is 0.562. The van der Waals surface area contributed by atoms with Gasteiger partial charge in [0.2, 0.25) is 5.91 Å². The highest BCUT2D eigenvalue weighted by atomic mass is 35.5. The summed E-state index contributed by atoms with van der Waals surface area (Å²) >= 11 is 0. The Balaban J connectivity index is 0.00000176. The van der Waals surface area contributed by atoms with E-state index in [1.807, 2.05) is 23.1 Å². The van der Waals surface area contributed by atoms with Crippen LogP contribution in [0.25, 0.3) is 0 Å². The maximum absolute atomic E-state index is 12.6. The predicted molar refractivity (Wildman–Crippen MR) is 86.7 cm³/mol. The number of ether oxygens (including phenoxy) is 2. The fourth-order valence-corrected chi connectivity index (χ4v) is 3.14. The van der Waals surface area contributed by atoms with E-state index < -0.39 is 0 Å². The number of carbonyl (C=O) groups is 1. The van der Waals surface area contributed by atoms with E-state index in [0.717, 1.165) is 43.0 Å². The number of benzene rings is 1. The molecule has 2 atom stereocenters. The third kappa shape index (κ3) is 3.31. The van der Waals surface area contributed by atoms with Crippen molar-refractivity contribution >= 4 is 18.3 Å². The standard InChI is InChI=1S/C16H22N2O3.ClH/c1-20-14-2-3-15-12(7-14)6-13(10-21-15)16(19)18-5-4-11(8-17)9-18;/h2-3,7,11,13H,4-6,8-10,17H2,1H3;1H. The van der Waals surface area contributed by atoms with E-state index in [1.165, 1.54) is 0 Å². The molecular formula is C16H23ClN2O3. The summed E-state index contributed by atoms with van der Waals surface area (Å²) in [6.07, 6.45) is 1.73. The van der Waals surface area contributed by atoms with Crippen LogP contribution in [0.15, 0.2) is 18.2 Å². The normalized spacial score (nSPS) is 23.3. The number of carbonyl (C=O) groups excluding carboxylic acids is 1. The van der Waals surface area contributed by atoms with Gasteiger partial charge in [-0.1, -0.05) is 0 Å². The van der Waals surface area contributed by atoms with Crippen LogP contribution in [0, 0.1) is 11.8 Å². The van der Waals surface area contributed by atoms with E-state index in [2.05, 4.69) is 0 Å². The number of nitrogens with zero attached hydrogens (tertiary/aromatic N) is 1. The lowest BCUT2D eigenvalue weighted by molar-refractivity contribution is -0.135. The molecule has 2 N–H and O–H groups in total. The van der Waals surface area contributed by atoms with E-state index in [0.29, 0.717) is 19.1 Å². The number of methoxy groups -OCH3 is 1. The van der Waals surface area contributed by atoms with Crippen LogP contribution in [0.5, 0.6) is 11.5 Å². The lowest BCUT2D eigenvalue weighted by Gasteiger charge is -2.28. The quantitative estimate of drug-likeness (QED) is 0.913. The first-order chi connectivity index (χ1) is 10.2. The fourth-order valence-electron chi connectivity index (χ4n) is 3.14. The van der Waals surface area contributed by atoms with Gasteiger partial charge in [-0.15, -0.1) is 12.4 Å². The van der Waals surface area contributed by atoms with Crippen molar-refractivity contribution in [1.29, 1.82) is 0 Å². The molecule has 0 aromatic heterocycles. The first kappa shape index (κ1) is 16.9. The van der Waals surface area contributed by atoms with Crippen LogP contribution < -0.4 is 15.2 Å². The molecule has 122 valence electrons. The van der Waals surface area contributed by atoms with Crippen LogP contribution in [-0.4, -0.2) is 44.2 Å². The largest absolute Gasteiger partial charge is 0.497 e. The number of amides is 1. The van der Waals surface area contributed by atoms with E-state index >= 15 is 0 Å². The highest BCUT2D eigenvalue weighted by molar-refractivity contribution is 5.85. The minimum absolute atomic E-state index is 0. The molecule has 0 bridgehead atoms. The molecule has 1 saturated heterocycles. The molecule has 2 aliphatic heterocycles. The number of hydrogen-bond donors (Lipinski definition) is 1. The first-order valence-corrected chi connectivity index (χ1v) is 7.50. The summed E-state index contributed by atoms with van der Waals surface area (Å²) in [5.41, 5.74) is 6.74. The Morgan fingerprint density at radius 1 is 1.50 bits per heavy atom. The minimum Gasteiger partial charge on any atom is -0.497 e. The summed E-state index contributed by atoms with van der Waals surface area (Å²) in [6.45, 7) is 2.73. The van der Waals surface area contributed by atoms with Gasteiger partial charge in [0, 0.05) is 13.1 Å². The van der Waals surface area contributed by atoms with Crippen LogP contribution in [0.2, 0.25) is 0 Å². The second kappa shape index (κ2) is 7.20. The van der Waals surface area contributed by atoms with Gasteiger partial charge >= 0.3 is 0 Å². The number of fused-ring (bicyclic) bond motifs is 1. The van der Waals surface area contributed by atoms with E-state index in [4.69, 9.17) is 15.2 Å². The second-order valence-corrected chi connectivity index (χ2v) is 5.86. The van der Waals surface area contributed by atoms with Crippen LogP contribution in [0.1, 0.15) is 12.0 Å². The Bertz CT molecular complexity index is 538. The summed E-state index contributed by atoms with van der Waals surface area (Å²) in [4.78, 5) is 14.5.